The largest absolute Gasteiger partial charge is 0.481 e. The maximum absolute atomic E-state index is 12.1. The summed E-state index contributed by atoms with van der Waals surface area (Å²) in [5.41, 5.74) is -0.676. The van der Waals surface area contributed by atoms with Crippen LogP contribution in [0.1, 0.15) is 45.4 Å². The maximum Gasteiger partial charge on any atom is 0.317 e. The molecule has 0 spiro atoms. The Kier molecular flexibility index (Phi) is 3.78. The average Bonchev–Trinajstić information content (AvgIpc) is 2.97. The average molecular weight is 254 g/mol. The van der Waals surface area contributed by atoms with Gasteiger partial charge in [0.2, 0.25) is 0 Å². The van der Waals surface area contributed by atoms with Crippen molar-refractivity contribution in [1.82, 2.24) is 10.2 Å². The number of aliphatic carboxylic acids is 1. The number of amides is 2. The molecule has 0 radical (unpaired) electrons. The third-order valence-electron chi connectivity index (χ3n) is 4.25. The van der Waals surface area contributed by atoms with E-state index in [1.165, 1.54) is 12.8 Å². The number of nitrogens with one attached hydrogen (secondary N) is 1. The highest BCUT2D eigenvalue weighted by Crippen LogP contribution is 2.45. The molecule has 5 nitrogen and oxygen atoms in total. The number of carboxylic acid groups (broad SMARTS) is 1. The number of carbonyl (C=O) groups is 2. The van der Waals surface area contributed by atoms with Crippen LogP contribution in [-0.4, -0.2) is 41.1 Å². The Labute approximate surface area is 108 Å². The van der Waals surface area contributed by atoms with E-state index in [2.05, 4.69) is 5.32 Å². The van der Waals surface area contributed by atoms with Crippen molar-refractivity contribution in [2.75, 3.05) is 13.1 Å². The van der Waals surface area contributed by atoms with Crippen LogP contribution in [0.4, 0.5) is 4.79 Å². The van der Waals surface area contributed by atoms with Gasteiger partial charge in [0.05, 0.1) is 5.41 Å². The number of carbonyl (C=O) groups excluding carboxylic acids is 1. The highest BCUT2D eigenvalue weighted by atomic mass is 16.4. The van der Waals surface area contributed by atoms with E-state index < -0.39 is 11.4 Å². The van der Waals surface area contributed by atoms with Crippen LogP contribution in [0.25, 0.3) is 0 Å². The lowest BCUT2D eigenvalue weighted by molar-refractivity contribution is -0.143. The predicted molar refractivity (Wildman–Crippen MR) is 67.3 cm³/mol. The molecule has 2 aliphatic rings. The number of nitrogens with zero attached hydrogens (tertiary/aromatic N) is 1. The maximum atomic E-state index is 12.1. The van der Waals surface area contributed by atoms with E-state index in [1.807, 2.05) is 11.8 Å². The van der Waals surface area contributed by atoms with Gasteiger partial charge >= 0.3 is 12.0 Å². The standard InChI is InChI=1S/C13H22N2O3/c1-2-15(10-5-3-4-6-10)12(18)14-9-13(7-8-13)11(16)17/h10H,2-9H2,1H3,(H,14,18)(H,16,17). The SMILES string of the molecule is CCN(C(=O)NCC1(C(=O)O)CC1)C1CCCC1. The van der Waals surface area contributed by atoms with E-state index in [9.17, 15) is 9.59 Å². The quantitative estimate of drug-likeness (QED) is 0.786. The first-order valence-electron chi connectivity index (χ1n) is 6.87. The summed E-state index contributed by atoms with van der Waals surface area (Å²) in [5.74, 6) is -0.785. The molecule has 0 aromatic rings. The summed E-state index contributed by atoms with van der Waals surface area (Å²) in [6, 6.07) is 0.243. The van der Waals surface area contributed by atoms with Gasteiger partial charge in [-0.2, -0.15) is 0 Å². The van der Waals surface area contributed by atoms with Crippen molar-refractivity contribution in [3.8, 4) is 0 Å². The smallest absolute Gasteiger partial charge is 0.317 e. The van der Waals surface area contributed by atoms with Gasteiger partial charge in [0.1, 0.15) is 0 Å². The van der Waals surface area contributed by atoms with E-state index in [1.54, 1.807) is 0 Å². The van der Waals surface area contributed by atoms with Crippen LogP contribution in [0.3, 0.4) is 0 Å². The van der Waals surface area contributed by atoms with Gasteiger partial charge in [0.15, 0.2) is 0 Å². The van der Waals surface area contributed by atoms with Crippen LogP contribution in [0.2, 0.25) is 0 Å². The molecule has 0 atom stereocenters. The van der Waals surface area contributed by atoms with E-state index in [4.69, 9.17) is 5.11 Å². The van der Waals surface area contributed by atoms with Gasteiger partial charge in [0, 0.05) is 19.1 Å². The fourth-order valence-corrected chi connectivity index (χ4v) is 2.75. The minimum absolute atomic E-state index is 0.100. The number of urea groups is 1. The molecule has 0 aromatic carbocycles. The Morgan fingerprint density at radius 2 is 1.94 bits per heavy atom. The summed E-state index contributed by atoms with van der Waals surface area (Å²) in [5, 5.41) is 11.9. The molecule has 2 saturated carbocycles. The highest BCUT2D eigenvalue weighted by Gasteiger charge is 2.50. The zero-order valence-electron chi connectivity index (χ0n) is 10.9. The van der Waals surface area contributed by atoms with E-state index in [0.717, 1.165) is 12.8 Å². The van der Waals surface area contributed by atoms with Gasteiger partial charge in [-0.3, -0.25) is 4.79 Å². The molecule has 102 valence electrons. The zero-order valence-corrected chi connectivity index (χ0v) is 10.9. The molecule has 0 saturated heterocycles. The number of hydrogen-bond donors (Lipinski definition) is 2. The zero-order chi connectivity index (χ0) is 13.2. The number of rotatable bonds is 5. The molecule has 5 heteroatoms. The molecule has 2 amide bonds. The summed E-state index contributed by atoms with van der Waals surface area (Å²) >= 11 is 0. The molecule has 0 bridgehead atoms. The minimum Gasteiger partial charge on any atom is -0.481 e. The van der Waals surface area contributed by atoms with Crippen LogP contribution >= 0.6 is 0 Å². The molecule has 2 rings (SSSR count). The summed E-state index contributed by atoms with van der Waals surface area (Å²) in [6.07, 6.45) is 5.88. The topological polar surface area (TPSA) is 69.6 Å². The first-order valence-corrected chi connectivity index (χ1v) is 6.87. The van der Waals surface area contributed by atoms with Gasteiger partial charge in [-0.25, -0.2) is 4.79 Å². The van der Waals surface area contributed by atoms with Crippen molar-refractivity contribution >= 4 is 12.0 Å². The second-order valence-electron chi connectivity index (χ2n) is 5.47. The third-order valence-corrected chi connectivity index (χ3v) is 4.25. The Hall–Kier alpha value is -1.26. The molecule has 0 unspecified atom stereocenters. The van der Waals surface area contributed by atoms with Crippen molar-refractivity contribution in [3.05, 3.63) is 0 Å². The van der Waals surface area contributed by atoms with Gasteiger partial charge in [-0.05, 0) is 32.6 Å². The Bertz CT molecular complexity index is 333. The predicted octanol–water partition coefficient (Wildman–Crippen LogP) is 1.83. The van der Waals surface area contributed by atoms with Crippen molar-refractivity contribution in [3.63, 3.8) is 0 Å². The molecule has 2 N–H and O–H groups in total. The van der Waals surface area contributed by atoms with E-state index in [-0.39, 0.29) is 12.6 Å². The fourth-order valence-electron chi connectivity index (χ4n) is 2.75. The number of carboxylic acids is 1. The summed E-state index contributed by atoms with van der Waals surface area (Å²) in [4.78, 5) is 25.0. The van der Waals surface area contributed by atoms with Crippen LogP contribution < -0.4 is 5.32 Å². The Morgan fingerprint density at radius 1 is 1.33 bits per heavy atom. The monoisotopic (exact) mass is 254 g/mol. The molecule has 0 aliphatic heterocycles. The second-order valence-corrected chi connectivity index (χ2v) is 5.47. The van der Waals surface area contributed by atoms with Crippen molar-refractivity contribution < 1.29 is 14.7 Å². The Morgan fingerprint density at radius 3 is 2.39 bits per heavy atom. The van der Waals surface area contributed by atoms with Gasteiger partial charge in [-0.1, -0.05) is 12.8 Å². The molecule has 0 heterocycles. The lowest BCUT2D eigenvalue weighted by Crippen LogP contribution is -2.47. The Balaban J connectivity index is 1.84. The first-order chi connectivity index (χ1) is 8.59. The van der Waals surface area contributed by atoms with Crippen LogP contribution in [0, 0.1) is 5.41 Å². The van der Waals surface area contributed by atoms with Crippen molar-refractivity contribution in [2.45, 2.75) is 51.5 Å². The van der Waals surface area contributed by atoms with Crippen molar-refractivity contribution in [2.24, 2.45) is 5.41 Å². The van der Waals surface area contributed by atoms with Crippen LogP contribution in [0.5, 0.6) is 0 Å². The number of hydrogen-bond acceptors (Lipinski definition) is 2. The molecule has 2 aliphatic carbocycles. The summed E-state index contributed by atoms with van der Waals surface area (Å²) in [7, 11) is 0. The van der Waals surface area contributed by atoms with E-state index in [0.29, 0.717) is 25.4 Å². The summed E-state index contributed by atoms with van der Waals surface area (Å²) < 4.78 is 0. The lowest BCUT2D eigenvalue weighted by Gasteiger charge is -2.28. The van der Waals surface area contributed by atoms with E-state index >= 15 is 0 Å². The van der Waals surface area contributed by atoms with Crippen molar-refractivity contribution in [1.29, 1.82) is 0 Å². The molecular weight excluding hydrogens is 232 g/mol. The van der Waals surface area contributed by atoms with Gasteiger partial charge in [0.25, 0.3) is 0 Å². The highest BCUT2D eigenvalue weighted by molar-refractivity contribution is 5.80. The first kappa shape index (κ1) is 13.2. The normalized spacial score (nSPS) is 21.6. The molecular formula is C13H22N2O3. The minimum atomic E-state index is -0.785. The van der Waals surface area contributed by atoms with Gasteiger partial charge < -0.3 is 15.3 Å². The fraction of sp³-hybridized carbons (Fsp3) is 0.846. The van der Waals surface area contributed by atoms with Gasteiger partial charge in [-0.15, -0.1) is 0 Å². The van der Waals surface area contributed by atoms with Crippen LogP contribution in [0.15, 0.2) is 0 Å². The molecule has 0 aromatic heterocycles. The molecule has 18 heavy (non-hydrogen) atoms. The lowest BCUT2D eigenvalue weighted by atomic mass is 10.1. The third kappa shape index (κ3) is 2.60. The molecule has 2 fully saturated rings. The summed E-state index contributed by atoms with van der Waals surface area (Å²) in [6.45, 7) is 2.93. The second kappa shape index (κ2) is 5.16. The van der Waals surface area contributed by atoms with Crippen LogP contribution in [-0.2, 0) is 4.79 Å².